The molecule has 6 rings (SSSR count). The van der Waals surface area contributed by atoms with Crippen molar-refractivity contribution in [2.75, 3.05) is 6.61 Å². The van der Waals surface area contributed by atoms with Crippen molar-refractivity contribution in [1.82, 2.24) is 0 Å². The van der Waals surface area contributed by atoms with E-state index in [9.17, 15) is 4.79 Å². The second-order valence-electron chi connectivity index (χ2n) is 10.6. The molecule has 1 heterocycles. The van der Waals surface area contributed by atoms with Crippen LogP contribution in [0.3, 0.4) is 0 Å². The molecule has 0 bridgehead atoms. The monoisotopic (exact) mass is 340 g/mol. The Morgan fingerprint density at radius 3 is 2.88 bits per heavy atom. The minimum absolute atomic E-state index is 0.242. The van der Waals surface area contributed by atoms with E-state index in [1.807, 2.05) is 6.08 Å². The summed E-state index contributed by atoms with van der Waals surface area (Å²) < 4.78 is 6.61. The molecule has 0 N–H and O–H groups in total. The lowest BCUT2D eigenvalue weighted by atomic mass is 9.47. The van der Waals surface area contributed by atoms with Crippen molar-refractivity contribution < 1.29 is 9.53 Å². The number of ketones is 1. The van der Waals surface area contributed by atoms with Crippen molar-refractivity contribution >= 4 is 5.78 Å². The summed E-state index contributed by atoms with van der Waals surface area (Å²) in [6.07, 6.45) is 12.0. The summed E-state index contributed by atoms with van der Waals surface area (Å²) in [5.74, 6) is 6.31. The normalized spacial score (nSPS) is 59.0. The van der Waals surface area contributed by atoms with Crippen LogP contribution < -0.4 is 0 Å². The molecule has 0 aromatic heterocycles. The highest BCUT2D eigenvalue weighted by Crippen LogP contribution is 2.78. The van der Waals surface area contributed by atoms with E-state index in [2.05, 4.69) is 13.8 Å². The average molecular weight is 341 g/mol. The van der Waals surface area contributed by atoms with Gasteiger partial charge in [-0.15, -0.1) is 0 Å². The van der Waals surface area contributed by atoms with Gasteiger partial charge in [-0.05, 0) is 92.4 Å². The molecule has 9 atom stereocenters. The third-order valence-electron chi connectivity index (χ3n) is 9.82. The third-order valence-corrected chi connectivity index (χ3v) is 9.82. The molecule has 136 valence electrons. The van der Waals surface area contributed by atoms with E-state index in [4.69, 9.17) is 4.74 Å². The van der Waals surface area contributed by atoms with Crippen LogP contribution in [0.4, 0.5) is 0 Å². The van der Waals surface area contributed by atoms with Gasteiger partial charge in [-0.3, -0.25) is 4.79 Å². The van der Waals surface area contributed by atoms with Crippen LogP contribution in [-0.4, -0.2) is 18.0 Å². The molecule has 0 amide bonds. The predicted octanol–water partition coefficient (Wildman–Crippen LogP) is 4.78. The summed E-state index contributed by atoms with van der Waals surface area (Å²) in [7, 11) is 0. The zero-order chi connectivity index (χ0) is 17.0. The minimum atomic E-state index is 0.242. The number of hydrogen-bond acceptors (Lipinski definition) is 2. The molecule has 6 aliphatic rings. The van der Waals surface area contributed by atoms with Crippen LogP contribution in [0.15, 0.2) is 11.6 Å². The molecule has 2 nitrogen and oxygen atoms in total. The Labute approximate surface area is 151 Å². The molecule has 0 aromatic carbocycles. The van der Waals surface area contributed by atoms with Crippen molar-refractivity contribution in [3.05, 3.63) is 11.6 Å². The zero-order valence-corrected chi connectivity index (χ0v) is 15.8. The number of carbonyl (C=O) groups excluding carboxylic acids is 1. The second kappa shape index (κ2) is 4.80. The Bertz CT molecular complexity index is 657. The molecule has 0 aromatic rings. The smallest absolute Gasteiger partial charge is 0.155 e. The molecule has 1 saturated heterocycles. The first kappa shape index (κ1) is 15.4. The van der Waals surface area contributed by atoms with Gasteiger partial charge in [-0.25, -0.2) is 0 Å². The van der Waals surface area contributed by atoms with Gasteiger partial charge in [0, 0.05) is 18.4 Å². The van der Waals surface area contributed by atoms with Gasteiger partial charge < -0.3 is 4.74 Å². The summed E-state index contributed by atoms with van der Waals surface area (Å²) in [6.45, 7) is 6.12. The first-order valence-corrected chi connectivity index (χ1v) is 10.9. The van der Waals surface area contributed by atoms with Crippen LogP contribution in [0, 0.1) is 46.8 Å². The molecule has 6 unspecified atom stereocenters. The van der Waals surface area contributed by atoms with Gasteiger partial charge in [0.2, 0.25) is 0 Å². The first-order chi connectivity index (χ1) is 12.1. The third kappa shape index (κ3) is 1.74. The topological polar surface area (TPSA) is 26.3 Å². The molecule has 2 heteroatoms. The van der Waals surface area contributed by atoms with Crippen LogP contribution in [-0.2, 0) is 9.53 Å². The maximum absolute atomic E-state index is 12.0. The van der Waals surface area contributed by atoms with Crippen LogP contribution in [0.25, 0.3) is 0 Å². The number of fused-ring (bicyclic) bond motifs is 9. The van der Waals surface area contributed by atoms with E-state index in [0.717, 1.165) is 60.9 Å². The standard InChI is InChI=1S/C23H32O2/c1-13-10-14-11-15(24)4-5-16(14)17-6-8-22(2)21(20(13)17)18-12-19(18)23(22)7-3-9-25-23/h11,13,16-21H,3-10,12H2,1-2H3/t13?,16-,17?,18?,19?,20?,21?,22-,23-/m0/s1. The highest BCUT2D eigenvalue weighted by atomic mass is 16.5. The number of hydrogen-bond donors (Lipinski definition) is 0. The Kier molecular flexibility index (Phi) is 2.96. The van der Waals surface area contributed by atoms with Gasteiger partial charge in [0.05, 0.1) is 5.60 Å². The molecular weight excluding hydrogens is 308 g/mol. The summed E-state index contributed by atoms with van der Waals surface area (Å²) in [4.78, 5) is 12.0. The highest BCUT2D eigenvalue weighted by Gasteiger charge is 2.77. The molecular formula is C23H32O2. The highest BCUT2D eigenvalue weighted by molar-refractivity contribution is 5.91. The fourth-order valence-corrected chi connectivity index (χ4v) is 9.07. The average Bonchev–Trinajstić information content (AvgIpc) is 3.15. The van der Waals surface area contributed by atoms with Gasteiger partial charge in [-0.2, -0.15) is 0 Å². The SMILES string of the molecule is CC1CC2=CC(=O)CC[C@@H]2C2CC[C@@]3(C)C(C4CC4[C@@]34CCCO4)C12. The minimum Gasteiger partial charge on any atom is -0.374 e. The summed E-state index contributed by atoms with van der Waals surface area (Å²) in [5, 5.41) is 0. The molecule has 1 spiro atoms. The fraction of sp³-hybridized carbons (Fsp3) is 0.870. The summed E-state index contributed by atoms with van der Waals surface area (Å²) >= 11 is 0. The Morgan fingerprint density at radius 1 is 1.20 bits per heavy atom. The van der Waals surface area contributed by atoms with E-state index >= 15 is 0 Å². The van der Waals surface area contributed by atoms with Crippen molar-refractivity contribution in [2.24, 2.45) is 46.8 Å². The molecule has 5 fully saturated rings. The van der Waals surface area contributed by atoms with Crippen molar-refractivity contribution in [2.45, 2.75) is 70.8 Å². The first-order valence-electron chi connectivity index (χ1n) is 10.9. The summed E-state index contributed by atoms with van der Waals surface area (Å²) in [5.41, 5.74) is 2.19. The lowest BCUT2D eigenvalue weighted by Crippen LogP contribution is -2.56. The van der Waals surface area contributed by atoms with Crippen LogP contribution in [0.5, 0.6) is 0 Å². The zero-order valence-electron chi connectivity index (χ0n) is 15.8. The number of ether oxygens (including phenoxy) is 1. The number of allylic oxidation sites excluding steroid dienone is 1. The number of rotatable bonds is 0. The maximum Gasteiger partial charge on any atom is 0.155 e. The predicted molar refractivity (Wildman–Crippen MR) is 96.9 cm³/mol. The van der Waals surface area contributed by atoms with Gasteiger partial charge in [-0.1, -0.05) is 19.4 Å². The fourth-order valence-electron chi connectivity index (χ4n) is 9.07. The lowest BCUT2D eigenvalue weighted by molar-refractivity contribution is -0.154. The molecule has 1 aliphatic heterocycles. The molecule has 25 heavy (non-hydrogen) atoms. The second-order valence-corrected chi connectivity index (χ2v) is 10.6. The van der Waals surface area contributed by atoms with Crippen molar-refractivity contribution in [3.63, 3.8) is 0 Å². The molecule has 4 saturated carbocycles. The van der Waals surface area contributed by atoms with Gasteiger partial charge in [0.15, 0.2) is 5.78 Å². The summed E-state index contributed by atoms with van der Waals surface area (Å²) in [6, 6.07) is 0. The maximum atomic E-state index is 12.0. The van der Waals surface area contributed by atoms with Crippen LogP contribution >= 0.6 is 0 Å². The van der Waals surface area contributed by atoms with Crippen molar-refractivity contribution in [3.8, 4) is 0 Å². The van der Waals surface area contributed by atoms with Gasteiger partial charge in [0.25, 0.3) is 0 Å². The van der Waals surface area contributed by atoms with Crippen LogP contribution in [0.1, 0.15) is 65.2 Å². The van der Waals surface area contributed by atoms with Gasteiger partial charge in [0.1, 0.15) is 0 Å². The lowest BCUT2D eigenvalue weighted by Gasteiger charge is -2.59. The largest absolute Gasteiger partial charge is 0.374 e. The van der Waals surface area contributed by atoms with E-state index in [0.29, 0.717) is 11.2 Å². The van der Waals surface area contributed by atoms with E-state index in [1.54, 1.807) is 0 Å². The molecule has 5 aliphatic carbocycles. The molecule has 0 radical (unpaired) electrons. The Hall–Kier alpha value is -0.630. The van der Waals surface area contributed by atoms with Crippen LogP contribution in [0.2, 0.25) is 0 Å². The van der Waals surface area contributed by atoms with E-state index in [1.165, 1.54) is 44.1 Å². The quantitative estimate of drug-likeness (QED) is 0.634. The Morgan fingerprint density at radius 2 is 2.08 bits per heavy atom. The van der Waals surface area contributed by atoms with Gasteiger partial charge >= 0.3 is 0 Å². The van der Waals surface area contributed by atoms with E-state index in [-0.39, 0.29) is 5.60 Å². The van der Waals surface area contributed by atoms with E-state index < -0.39 is 0 Å². The van der Waals surface area contributed by atoms with Crippen molar-refractivity contribution in [1.29, 1.82) is 0 Å². The number of carbonyl (C=O) groups is 1. The Balaban J connectivity index is 1.40.